The molecule has 0 bridgehead atoms. The van der Waals surface area contributed by atoms with Crippen molar-refractivity contribution in [3.8, 4) is 5.69 Å². The minimum absolute atomic E-state index is 0.0675. The zero-order valence-corrected chi connectivity index (χ0v) is 14.6. The molecule has 0 aliphatic rings. The van der Waals surface area contributed by atoms with E-state index in [-0.39, 0.29) is 11.2 Å². The van der Waals surface area contributed by atoms with E-state index in [1.807, 2.05) is 48.0 Å². The number of benzene rings is 1. The van der Waals surface area contributed by atoms with Crippen LogP contribution in [0.4, 0.5) is 0 Å². The van der Waals surface area contributed by atoms with Crippen LogP contribution in [0.5, 0.6) is 0 Å². The lowest BCUT2D eigenvalue weighted by atomic mass is 10.3. The van der Waals surface area contributed by atoms with Crippen LogP contribution in [0.25, 0.3) is 5.69 Å². The van der Waals surface area contributed by atoms with Gasteiger partial charge in [0.05, 0.1) is 18.1 Å². The second-order valence-electron chi connectivity index (χ2n) is 5.11. The Morgan fingerprint density at radius 1 is 1.38 bits per heavy atom. The number of nitrogens with one attached hydrogen (secondary N) is 1. The molecule has 0 saturated heterocycles. The number of thioether (sulfide) groups is 1. The average molecular weight is 362 g/mol. The number of hydrogen-bond acceptors (Lipinski definition) is 4. The van der Waals surface area contributed by atoms with Crippen molar-refractivity contribution in [1.29, 1.82) is 0 Å². The zero-order chi connectivity index (χ0) is 16.9. The summed E-state index contributed by atoms with van der Waals surface area (Å²) in [5.41, 5.74) is 0.947. The van der Waals surface area contributed by atoms with E-state index in [2.05, 4.69) is 10.3 Å². The minimum atomic E-state index is -0.284. The van der Waals surface area contributed by atoms with Crippen LogP contribution in [0, 0.1) is 0 Å². The van der Waals surface area contributed by atoms with Gasteiger partial charge in [0, 0.05) is 23.1 Å². The molecular weight excluding hydrogens is 346 g/mol. The van der Waals surface area contributed by atoms with Gasteiger partial charge >= 0.3 is 0 Å². The Kier molecular flexibility index (Phi) is 5.27. The molecular formula is C17H16ClN3O2S. The summed E-state index contributed by atoms with van der Waals surface area (Å²) in [6.07, 6.45) is 5.16. The minimum Gasteiger partial charge on any atom is -0.467 e. The average Bonchev–Trinajstić information content (AvgIpc) is 3.25. The number of imidazole rings is 1. The number of hydrogen-bond donors (Lipinski definition) is 1. The number of carbonyl (C=O) groups is 1. The first-order valence-electron chi connectivity index (χ1n) is 7.39. The van der Waals surface area contributed by atoms with Gasteiger partial charge in [-0.1, -0.05) is 23.4 Å². The van der Waals surface area contributed by atoms with E-state index in [4.69, 9.17) is 16.0 Å². The predicted octanol–water partition coefficient (Wildman–Crippen LogP) is 3.92. The molecule has 0 aliphatic carbocycles. The van der Waals surface area contributed by atoms with Gasteiger partial charge in [0.2, 0.25) is 5.91 Å². The van der Waals surface area contributed by atoms with Crippen LogP contribution in [-0.4, -0.2) is 20.7 Å². The summed E-state index contributed by atoms with van der Waals surface area (Å²) in [6, 6.07) is 11.1. The van der Waals surface area contributed by atoms with Gasteiger partial charge < -0.3 is 9.73 Å². The fraction of sp³-hybridized carbons (Fsp3) is 0.176. The molecule has 2 heterocycles. The molecule has 3 aromatic rings. The highest BCUT2D eigenvalue weighted by Gasteiger charge is 2.17. The molecule has 0 fully saturated rings. The monoisotopic (exact) mass is 361 g/mol. The van der Waals surface area contributed by atoms with Crippen LogP contribution in [-0.2, 0) is 11.3 Å². The van der Waals surface area contributed by atoms with Crippen molar-refractivity contribution in [2.24, 2.45) is 0 Å². The molecule has 0 spiro atoms. The number of halogens is 1. The first kappa shape index (κ1) is 16.7. The smallest absolute Gasteiger partial charge is 0.233 e. The van der Waals surface area contributed by atoms with E-state index in [1.165, 1.54) is 11.8 Å². The quantitative estimate of drug-likeness (QED) is 0.676. The second kappa shape index (κ2) is 7.59. The van der Waals surface area contributed by atoms with Gasteiger partial charge in [-0.2, -0.15) is 0 Å². The molecule has 3 rings (SSSR count). The summed E-state index contributed by atoms with van der Waals surface area (Å²) < 4.78 is 7.14. The normalized spacial score (nSPS) is 12.1. The molecule has 5 nitrogen and oxygen atoms in total. The third kappa shape index (κ3) is 4.01. The van der Waals surface area contributed by atoms with E-state index >= 15 is 0 Å². The largest absolute Gasteiger partial charge is 0.467 e. The lowest BCUT2D eigenvalue weighted by Gasteiger charge is -2.12. The van der Waals surface area contributed by atoms with Crippen LogP contribution >= 0.6 is 23.4 Å². The third-order valence-electron chi connectivity index (χ3n) is 3.38. The van der Waals surface area contributed by atoms with Crippen LogP contribution in [0.2, 0.25) is 5.02 Å². The zero-order valence-electron chi connectivity index (χ0n) is 13.0. The highest BCUT2D eigenvalue weighted by molar-refractivity contribution is 8.00. The lowest BCUT2D eigenvalue weighted by molar-refractivity contribution is -0.120. The van der Waals surface area contributed by atoms with Crippen molar-refractivity contribution in [2.45, 2.75) is 23.9 Å². The first-order chi connectivity index (χ1) is 11.6. The van der Waals surface area contributed by atoms with E-state index in [0.717, 1.165) is 16.6 Å². The van der Waals surface area contributed by atoms with Gasteiger partial charge in [-0.15, -0.1) is 0 Å². The summed E-state index contributed by atoms with van der Waals surface area (Å²) in [7, 11) is 0. The molecule has 7 heteroatoms. The van der Waals surface area contributed by atoms with Crippen molar-refractivity contribution in [3.63, 3.8) is 0 Å². The maximum atomic E-state index is 12.2. The molecule has 1 N–H and O–H groups in total. The number of furan rings is 1. The first-order valence-corrected chi connectivity index (χ1v) is 8.65. The molecule has 24 heavy (non-hydrogen) atoms. The standard InChI is InChI=1S/C17H16ClN3O2S/c1-12(16(22)20-11-15-3-2-10-23-15)24-17-19-8-9-21(17)14-6-4-13(18)5-7-14/h2-10,12H,11H2,1H3,(H,20,22)/t12-/m1/s1. The van der Waals surface area contributed by atoms with Crippen molar-refractivity contribution in [3.05, 3.63) is 65.8 Å². The van der Waals surface area contributed by atoms with Gasteiger partial charge in [0.1, 0.15) is 5.76 Å². The van der Waals surface area contributed by atoms with Crippen LogP contribution in [0.1, 0.15) is 12.7 Å². The molecule has 1 atom stereocenters. The van der Waals surface area contributed by atoms with Crippen molar-refractivity contribution < 1.29 is 9.21 Å². The highest BCUT2D eigenvalue weighted by atomic mass is 35.5. The number of aromatic nitrogens is 2. The van der Waals surface area contributed by atoms with E-state index in [0.29, 0.717) is 11.6 Å². The number of carbonyl (C=O) groups excluding carboxylic acids is 1. The molecule has 0 radical (unpaired) electrons. The molecule has 2 aromatic heterocycles. The van der Waals surface area contributed by atoms with Crippen molar-refractivity contribution >= 4 is 29.3 Å². The summed E-state index contributed by atoms with van der Waals surface area (Å²) in [4.78, 5) is 16.6. The summed E-state index contributed by atoms with van der Waals surface area (Å²) in [5.74, 6) is 0.658. The molecule has 0 unspecified atom stereocenters. The SMILES string of the molecule is C[C@@H](Sc1nccn1-c1ccc(Cl)cc1)C(=O)NCc1ccco1. The highest BCUT2D eigenvalue weighted by Crippen LogP contribution is 2.25. The van der Waals surface area contributed by atoms with Crippen molar-refractivity contribution in [2.75, 3.05) is 0 Å². The maximum Gasteiger partial charge on any atom is 0.233 e. The molecule has 0 aliphatic heterocycles. The Morgan fingerprint density at radius 2 is 2.17 bits per heavy atom. The van der Waals surface area contributed by atoms with Crippen LogP contribution in [0.15, 0.2) is 64.6 Å². The van der Waals surface area contributed by atoms with Gasteiger partial charge in [-0.3, -0.25) is 9.36 Å². The Morgan fingerprint density at radius 3 is 2.88 bits per heavy atom. The Hall–Kier alpha value is -2.18. The van der Waals surface area contributed by atoms with Crippen molar-refractivity contribution in [1.82, 2.24) is 14.9 Å². The van der Waals surface area contributed by atoms with E-state index in [1.54, 1.807) is 18.5 Å². The Bertz CT molecular complexity index is 800. The molecule has 1 amide bonds. The molecule has 0 saturated carbocycles. The van der Waals surface area contributed by atoms with Gasteiger partial charge in [0.15, 0.2) is 5.16 Å². The number of nitrogens with zero attached hydrogens (tertiary/aromatic N) is 2. The van der Waals surface area contributed by atoms with Crippen LogP contribution < -0.4 is 5.32 Å². The summed E-state index contributed by atoms with van der Waals surface area (Å²) in [5, 5.41) is 4.00. The predicted molar refractivity (Wildman–Crippen MR) is 94.4 cm³/mol. The number of amides is 1. The fourth-order valence-corrected chi connectivity index (χ4v) is 3.15. The fourth-order valence-electron chi connectivity index (χ4n) is 2.12. The third-order valence-corrected chi connectivity index (χ3v) is 4.71. The Balaban J connectivity index is 1.64. The topological polar surface area (TPSA) is 60.1 Å². The van der Waals surface area contributed by atoms with E-state index < -0.39 is 0 Å². The van der Waals surface area contributed by atoms with E-state index in [9.17, 15) is 4.79 Å². The summed E-state index contributed by atoms with van der Waals surface area (Å²) >= 11 is 7.32. The molecule has 1 aromatic carbocycles. The van der Waals surface area contributed by atoms with Gasteiger partial charge in [0.25, 0.3) is 0 Å². The van der Waals surface area contributed by atoms with Crippen LogP contribution in [0.3, 0.4) is 0 Å². The van der Waals surface area contributed by atoms with Gasteiger partial charge in [-0.05, 0) is 43.3 Å². The lowest BCUT2D eigenvalue weighted by Crippen LogP contribution is -2.30. The number of rotatable bonds is 6. The summed E-state index contributed by atoms with van der Waals surface area (Å²) in [6.45, 7) is 2.23. The Labute approximate surface area is 149 Å². The second-order valence-corrected chi connectivity index (χ2v) is 6.86. The van der Waals surface area contributed by atoms with Gasteiger partial charge in [-0.25, -0.2) is 4.98 Å². The maximum absolute atomic E-state index is 12.2. The molecule has 124 valence electrons.